The maximum Gasteiger partial charge on any atom is 0.0686 e. The van der Waals surface area contributed by atoms with Crippen LogP contribution in [0.15, 0.2) is 57.7 Å². The number of nitrogens with zero attached hydrogens (tertiary/aromatic N) is 3. The standard InChI is InChI=1S/C18H25N3/c1-5-17(16-9-7-6-8-10-16)21-14(2)13-20-15(3)18(21)11-12-19-4/h5,11-13,16H,2,4,6-10H2,1,3H3/b12-11-,17-5-. The van der Waals surface area contributed by atoms with Gasteiger partial charge >= 0.3 is 0 Å². The molecule has 1 aliphatic heterocycles. The monoisotopic (exact) mass is 283 g/mol. The fourth-order valence-corrected chi connectivity index (χ4v) is 3.18. The van der Waals surface area contributed by atoms with E-state index >= 15 is 0 Å². The van der Waals surface area contributed by atoms with E-state index in [9.17, 15) is 0 Å². The summed E-state index contributed by atoms with van der Waals surface area (Å²) in [6.07, 6.45) is 14.3. The van der Waals surface area contributed by atoms with Crippen molar-refractivity contribution in [1.29, 1.82) is 0 Å². The first-order valence-corrected chi connectivity index (χ1v) is 7.71. The smallest absolute Gasteiger partial charge is 0.0686 e. The van der Waals surface area contributed by atoms with Crippen LogP contribution in [0.2, 0.25) is 0 Å². The van der Waals surface area contributed by atoms with E-state index in [0.717, 1.165) is 17.1 Å². The van der Waals surface area contributed by atoms with Crippen molar-refractivity contribution < 1.29 is 0 Å². The zero-order valence-electron chi connectivity index (χ0n) is 13.2. The number of hydrogen-bond acceptors (Lipinski definition) is 3. The molecular formula is C18H25N3. The summed E-state index contributed by atoms with van der Waals surface area (Å²) < 4.78 is 0. The van der Waals surface area contributed by atoms with Gasteiger partial charge in [0.05, 0.1) is 23.3 Å². The van der Waals surface area contributed by atoms with Gasteiger partial charge in [-0.05, 0) is 45.4 Å². The fourth-order valence-electron chi connectivity index (χ4n) is 3.18. The largest absolute Gasteiger partial charge is 0.311 e. The van der Waals surface area contributed by atoms with Crippen molar-refractivity contribution in [1.82, 2.24) is 4.90 Å². The molecule has 1 aliphatic carbocycles. The van der Waals surface area contributed by atoms with Gasteiger partial charge in [-0.1, -0.05) is 31.9 Å². The molecule has 3 nitrogen and oxygen atoms in total. The van der Waals surface area contributed by atoms with Crippen LogP contribution >= 0.6 is 0 Å². The van der Waals surface area contributed by atoms with Crippen molar-refractivity contribution in [3.8, 4) is 0 Å². The average molecular weight is 283 g/mol. The number of allylic oxidation sites excluding steroid dienone is 5. The average Bonchev–Trinajstić information content (AvgIpc) is 2.51. The maximum absolute atomic E-state index is 4.43. The summed E-state index contributed by atoms with van der Waals surface area (Å²) in [4.78, 5) is 10.5. The molecule has 0 N–H and O–H groups in total. The highest BCUT2D eigenvalue weighted by molar-refractivity contribution is 5.81. The molecule has 0 spiro atoms. The quantitative estimate of drug-likeness (QED) is 0.680. The van der Waals surface area contributed by atoms with Gasteiger partial charge < -0.3 is 4.90 Å². The second-order valence-electron chi connectivity index (χ2n) is 5.60. The predicted molar refractivity (Wildman–Crippen MR) is 91.2 cm³/mol. The maximum atomic E-state index is 4.43. The Bertz CT molecular complexity index is 529. The minimum Gasteiger partial charge on any atom is -0.311 e. The second kappa shape index (κ2) is 7.21. The highest BCUT2D eigenvalue weighted by atomic mass is 15.2. The molecule has 1 heterocycles. The summed E-state index contributed by atoms with van der Waals surface area (Å²) in [7, 11) is 0. The van der Waals surface area contributed by atoms with Crippen LogP contribution in [0.25, 0.3) is 0 Å². The van der Waals surface area contributed by atoms with Crippen LogP contribution in [-0.4, -0.2) is 17.8 Å². The molecular weight excluding hydrogens is 258 g/mol. The van der Waals surface area contributed by atoms with E-state index in [2.05, 4.69) is 41.2 Å². The highest BCUT2D eigenvalue weighted by Gasteiger charge is 2.26. The first-order chi connectivity index (χ1) is 10.2. The van der Waals surface area contributed by atoms with Crippen molar-refractivity contribution in [3.05, 3.63) is 47.7 Å². The summed E-state index contributed by atoms with van der Waals surface area (Å²) >= 11 is 0. The zero-order valence-corrected chi connectivity index (χ0v) is 13.2. The van der Waals surface area contributed by atoms with Crippen LogP contribution in [0, 0.1) is 5.92 Å². The van der Waals surface area contributed by atoms with Gasteiger partial charge in [-0.2, -0.15) is 0 Å². The molecule has 1 fully saturated rings. The summed E-state index contributed by atoms with van der Waals surface area (Å²) in [5.74, 6) is 0.611. The minimum absolute atomic E-state index is 0.611. The Kier molecular flexibility index (Phi) is 5.32. The van der Waals surface area contributed by atoms with Gasteiger partial charge in [0.25, 0.3) is 0 Å². The summed E-state index contributed by atoms with van der Waals surface area (Å²) in [5, 5.41) is 0. The third-order valence-electron chi connectivity index (χ3n) is 4.22. The van der Waals surface area contributed by atoms with Gasteiger partial charge in [-0.25, -0.2) is 0 Å². The normalized spacial score (nSPS) is 21.5. The number of rotatable bonds is 4. The van der Waals surface area contributed by atoms with Crippen molar-refractivity contribution >= 4 is 12.9 Å². The lowest BCUT2D eigenvalue weighted by Gasteiger charge is -2.37. The number of hydrogen-bond donors (Lipinski definition) is 0. The predicted octanol–water partition coefficient (Wildman–Crippen LogP) is 4.82. The second-order valence-corrected chi connectivity index (χ2v) is 5.60. The first-order valence-electron chi connectivity index (χ1n) is 7.71. The first kappa shape index (κ1) is 15.5. The van der Waals surface area contributed by atoms with Gasteiger partial charge in [0.1, 0.15) is 0 Å². The summed E-state index contributed by atoms with van der Waals surface area (Å²) in [5.41, 5.74) is 4.29. The number of aliphatic imine (C=N–C) groups is 2. The molecule has 112 valence electrons. The van der Waals surface area contributed by atoms with Gasteiger partial charge in [-0.15, -0.1) is 0 Å². The molecule has 0 atom stereocenters. The van der Waals surface area contributed by atoms with Crippen LogP contribution in [0.1, 0.15) is 46.0 Å². The Labute approximate surface area is 128 Å². The van der Waals surface area contributed by atoms with Crippen molar-refractivity contribution in [2.75, 3.05) is 0 Å². The molecule has 0 aromatic rings. The van der Waals surface area contributed by atoms with Crippen molar-refractivity contribution in [2.45, 2.75) is 46.0 Å². The van der Waals surface area contributed by atoms with E-state index in [1.165, 1.54) is 37.8 Å². The molecule has 0 aromatic carbocycles. The molecule has 0 saturated heterocycles. The lowest BCUT2D eigenvalue weighted by Crippen LogP contribution is -2.29. The summed E-state index contributed by atoms with van der Waals surface area (Å²) in [6.45, 7) is 11.8. The lowest BCUT2D eigenvalue weighted by atomic mass is 9.85. The molecule has 0 unspecified atom stereocenters. The van der Waals surface area contributed by atoms with Crippen molar-refractivity contribution in [2.24, 2.45) is 15.9 Å². The Morgan fingerprint density at radius 2 is 2.10 bits per heavy atom. The van der Waals surface area contributed by atoms with Gasteiger partial charge in [0.15, 0.2) is 0 Å². The SMILES string of the molecule is C=N/C=C\C1=C(C)N=CC(=C)N1/C(=C\C)C1CCCCC1. The van der Waals surface area contributed by atoms with E-state index in [4.69, 9.17) is 0 Å². The minimum atomic E-state index is 0.611. The van der Waals surface area contributed by atoms with Crippen LogP contribution in [-0.2, 0) is 0 Å². The third kappa shape index (κ3) is 3.41. The van der Waals surface area contributed by atoms with Crippen molar-refractivity contribution in [3.63, 3.8) is 0 Å². The van der Waals surface area contributed by atoms with Gasteiger partial charge in [0, 0.05) is 11.9 Å². The Morgan fingerprint density at radius 1 is 1.38 bits per heavy atom. The van der Waals surface area contributed by atoms with E-state index in [1.54, 1.807) is 6.20 Å². The highest BCUT2D eigenvalue weighted by Crippen LogP contribution is 2.36. The Balaban J connectivity index is 2.36. The topological polar surface area (TPSA) is 28.0 Å². The van der Waals surface area contributed by atoms with E-state index < -0.39 is 0 Å². The van der Waals surface area contributed by atoms with E-state index in [-0.39, 0.29) is 0 Å². The van der Waals surface area contributed by atoms with E-state index in [0.29, 0.717) is 5.92 Å². The Hall–Kier alpha value is -1.90. The van der Waals surface area contributed by atoms with Crippen LogP contribution in [0.4, 0.5) is 0 Å². The van der Waals surface area contributed by atoms with Gasteiger partial charge in [-0.3, -0.25) is 9.98 Å². The molecule has 2 rings (SSSR count). The van der Waals surface area contributed by atoms with Crippen LogP contribution < -0.4 is 0 Å². The molecule has 0 radical (unpaired) electrons. The Morgan fingerprint density at radius 3 is 2.71 bits per heavy atom. The van der Waals surface area contributed by atoms with Gasteiger partial charge in [0.2, 0.25) is 0 Å². The molecule has 0 amide bonds. The van der Waals surface area contributed by atoms with Crippen LogP contribution in [0.5, 0.6) is 0 Å². The molecule has 1 saturated carbocycles. The fraction of sp³-hybridized carbons (Fsp3) is 0.444. The third-order valence-corrected chi connectivity index (χ3v) is 4.22. The summed E-state index contributed by atoms with van der Waals surface area (Å²) in [6, 6.07) is 0. The molecule has 2 aliphatic rings. The molecule has 0 aromatic heterocycles. The molecule has 21 heavy (non-hydrogen) atoms. The van der Waals surface area contributed by atoms with Crippen LogP contribution in [0.3, 0.4) is 0 Å². The lowest BCUT2D eigenvalue weighted by molar-refractivity contribution is 0.344. The van der Waals surface area contributed by atoms with E-state index in [1.807, 2.05) is 19.2 Å². The molecule has 0 bridgehead atoms. The zero-order chi connectivity index (χ0) is 15.2. The molecule has 3 heteroatoms.